The number of hydrogen-bond acceptors (Lipinski definition) is 2. The zero-order valence-corrected chi connectivity index (χ0v) is 10.9. The van der Waals surface area contributed by atoms with Crippen LogP contribution in [0.25, 0.3) is 0 Å². The van der Waals surface area contributed by atoms with Crippen LogP contribution in [0.1, 0.15) is 11.1 Å². The van der Waals surface area contributed by atoms with Gasteiger partial charge in [0.1, 0.15) is 0 Å². The zero-order chi connectivity index (χ0) is 13.0. The van der Waals surface area contributed by atoms with Crippen LogP contribution in [0.4, 0.5) is 0 Å². The summed E-state index contributed by atoms with van der Waals surface area (Å²) < 4.78 is 27.7. The number of rotatable bonds is 4. The molecule has 1 radical (unpaired) electrons. The molecule has 2 aromatic rings. The maximum atomic E-state index is 12.0. The van der Waals surface area contributed by atoms with Gasteiger partial charge in [-0.1, -0.05) is 48.0 Å². The largest absolute Gasteiger partial charge is 0.257 e. The molecule has 0 saturated carbocycles. The summed E-state index contributed by atoms with van der Waals surface area (Å²) in [6.07, 6.45) is 0. The second-order valence-electron chi connectivity index (χ2n) is 4.06. The summed E-state index contributed by atoms with van der Waals surface area (Å²) in [6, 6.07) is 16.0. The Morgan fingerprint density at radius 1 is 0.944 bits per heavy atom. The van der Waals surface area contributed by atoms with Crippen LogP contribution in [0.2, 0.25) is 0 Å². The number of nitrogens with zero attached hydrogens (tertiary/aromatic N) is 1. The molecule has 93 valence electrons. The Hall–Kier alpha value is -1.65. The molecule has 2 aromatic carbocycles. The van der Waals surface area contributed by atoms with E-state index in [4.69, 9.17) is 0 Å². The van der Waals surface area contributed by atoms with Crippen molar-refractivity contribution >= 4 is 10.0 Å². The van der Waals surface area contributed by atoms with E-state index in [1.165, 1.54) is 0 Å². The topological polar surface area (TPSA) is 48.2 Å². The van der Waals surface area contributed by atoms with Gasteiger partial charge in [0.2, 0.25) is 0 Å². The molecule has 0 aliphatic carbocycles. The summed E-state index contributed by atoms with van der Waals surface area (Å²) >= 11 is 0. The van der Waals surface area contributed by atoms with Crippen molar-refractivity contribution in [3.63, 3.8) is 0 Å². The summed E-state index contributed by atoms with van der Waals surface area (Å²) in [7, 11) is -3.55. The lowest BCUT2D eigenvalue weighted by atomic mass is 10.2. The lowest BCUT2D eigenvalue weighted by Gasteiger charge is -2.04. The van der Waals surface area contributed by atoms with Crippen molar-refractivity contribution in [2.75, 3.05) is 0 Å². The molecular formula is C14H14NO2S. The fourth-order valence-corrected chi connectivity index (χ4v) is 2.48. The molecule has 0 heterocycles. The molecule has 0 aliphatic heterocycles. The van der Waals surface area contributed by atoms with E-state index < -0.39 is 10.0 Å². The number of benzene rings is 2. The van der Waals surface area contributed by atoms with E-state index in [2.05, 4.69) is 4.72 Å². The Morgan fingerprint density at radius 2 is 1.56 bits per heavy atom. The molecule has 0 spiro atoms. The van der Waals surface area contributed by atoms with Crippen molar-refractivity contribution in [2.45, 2.75) is 18.4 Å². The lowest BCUT2D eigenvalue weighted by molar-refractivity contribution is 0.579. The van der Waals surface area contributed by atoms with Gasteiger partial charge >= 0.3 is 0 Å². The van der Waals surface area contributed by atoms with Crippen LogP contribution >= 0.6 is 0 Å². The van der Waals surface area contributed by atoms with Crippen molar-refractivity contribution in [3.8, 4) is 0 Å². The van der Waals surface area contributed by atoms with E-state index in [1.807, 2.05) is 37.3 Å². The first kappa shape index (κ1) is 12.8. The second kappa shape index (κ2) is 5.33. The third kappa shape index (κ3) is 3.18. The summed E-state index contributed by atoms with van der Waals surface area (Å²) in [5.74, 6) is 0. The lowest BCUT2D eigenvalue weighted by Crippen LogP contribution is -2.16. The van der Waals surface area contributed by atoms with Crippen LogP contribution in [-0.2, 0) is 16.6 Å². The van der Waals surface area contributed by atoms with Crippen LogP contribution in [0, 0.1) is 6.92 Å². The first-order chi connectivity index (χ1) is 8.58. The maximum absolute atomic E-state index is 12.0. The molecule has 0 saturated heterocycles. The quantitative estimate of drug-likeness (QED) is 0.848. The van der Waals surface area contributed by atoms with Crippen molar-refractivity contribution in [3.05, 3.63) is 65.7 Å². The smallest absolute Gasteiger partial charge is 0.206 e. The van der Waals surface area contributed by atoms with Crippen LogP contribution in [-0.4, -0.2) is 8.42 Å². The number of hydrogen-bond donors (Lipinski definition) is 0. The van der Waals surface area contributed by atoms with Crippen molar-refractivity contribution < 1.29 is 8.42 Å². The first-order valence-electron chi connectivity index (χ1n) is 5.62. The third-order valence-electron chi connectivity index (χ3n) is 2.58. The van der Waals surface area contributed by atoms with Gasteiger partial charge in [-0.2, -0.15) is 0 Å². The van der Waals surface area contributed by atoms with Gasteiger partial charge in [0.25, 0.3) is 10.0 Å². The monoisotopic (exact) mass is 260 g/mol. The van der Waals surface area contributed by atoms with Gasteiger partial charge in [0.15, 0.2) is 0 Å². The number of aryl methyl sites for hydroxylation is 1. The van der Waals surface area contributed by atoms with Crippen molar-refractivity contribution in [1.82, 2.24) is 4.72 Å². The molecule has 0 N–H and O–H groups in total. The molecule has 0 fully saturated rings. The molecule has 3 nitrogen and oxygen atoms in total. The summed E-state index contributed by atoms with van der Waals surface area (Å²) in [5, 5.41) is 0. The van der Waals surface area contributed by atoms with E-state index in [9.17, 15) is 8.42 Å². The average molecular weight is 260 g/mol. The maximum Gasteiger partial charge on any atom is 0.257 e. The molecule has 0 amide bonds. The SMILES string of the molecule is Cc1ccc(S(=O)(=O)[N]Cc2ccccc2)cc1. The standard InChI is InChI=1S/C14H14NO2S/c1-12-7-9-14(10-8-12)18(16,17)15-11-13-5-3-2-4-6-13/h2-10H,11H2,1H3. The minimum atomic E-state index is -3.55. The van der Waals surface area contributed by atoms with Gasteiger partial charge in [-0.05, 0) is 24.6 Å². The normalized spacial score (nSPS) is 11.4. The molecule has 0 unspecified atom stereocenters. The predicted octanol–water partition coefficient (Wildman–Crippen LogP) is 2.49. The van der Waals surface area contributed by atoms with E-state index in [1.54, 1.807) is 24.3 Å². The molecule has 0 aliphatic rings. The Kier molecular flexibility index (Phi) is 3.79. The molecule has 18 heavy (non-hydrogen) atoms. The highest BCUT2D eigenvalue weighted by Gasteiger charge is 2.14. The highest BCUT2D eigenvalue weighted by atomic mass is 32.2. The van der Waals surface area contributed by atoms with Crippen LogP contribution in [0.5, 0.6) is 0 Å². The predicted molar refractivity (Wildman–Crippen MR) is 70.6 cm³/mol. The summed E-state index contributed by atoms with van der Waals surface area (Å²) in [4.78, 5) is 0.240. The van der Waals surface area contributed by atoms with E-state index in [-0.39, 0.29) is 11.4 Å². The fourth-order valence-electron chi connectivity index (χ4n) is 1.53. The Balaban J connectivity index is 2.11. The van der Waals surface area contributed by atoms with Gasteiger partial charge in [0, 0.05) is 0 Å². The molecular weight excluding hydrogens is 246 g/mol. The Morgan fingerprint density at radius 3 is 2.17 bits per heavy atom. The Labute approximate surface area is 108 Å². The van der Waals surface area contributed by atoms with E-state index in [0.29, 0.717) is 0 Å². The highest BCUT2D eigenvalue weighted by molar-refractivity contribution is 7.89. The minimum absolute atomic E-state index is 0.178. The van der Waals surface area contributed by atoms with Crippen LogP contribution in [0.3, 0.4) is 0 Å². The molecule has 4 heteroatoms. The van der Waals surface area contributed by atoms with E-state index in [0.717, 1.165) is 11.1 Å². The van der Waals surface area contributed by atoms with Crippen LogP contribution in [0.15, 0.2) is 59.5 Å². The van der Waals surface area contributed by atoms with Crippen molar-refractivity contribution in [2.24, 2.45) is 0 Å². The van der Waals surface area contributed by atoms with Crippen LogP contribution < -0.4 is 4.72 Å². The second-order valence-corrected chi connectivity index (χ2v) is 5.74. The molecule has 0 atom stereocenters. The zero-order valence-electron chi connectivity index (χ0n) is 10.1. The van der Waals surface area contributed by atoms with Gasteiger partial charge in [0.05, 0.1) is 11.4 Å². The Bertz CT molecular complexity index is 604. The highest BCUT2D eigenvalue weighted by Crippen LogP contribution is 2.11. The summed E-state index contributed by atoms with van der Waals surface area (Å²) in [5.41, 5.74) is 1.91. The fraction of sp³-hybridized carbons (Fsp3) is 0.143. The van der Waals surface area contributed by atoms with Gasteiger partial charge in [-0.25, -0.2) is 8.42 Å². The van der Waals surface area contributed by atoms with Gasteiger partial charge in [-0.3, -0.25) is 0 Å². The van der Waals surface area contributed by atoms with E-state index >= 15 is 0 Å². The molecule has 0 aromatic heterocycles. The molecule has 0 bridgehead atoms. The van der Waals surface area contributed by atoms with Gasteiger partial charge in [-0.15, -0.1) is 4.72 Å². The summed E-state index contributed by atoms with van der Waals surface area (Å²) in [6.45, 7) is 2.09. The first-order valence-corrected chi connectivity index (χ1v) is 7.06. The molecule has 2 rings (SSSR count). The average Bonchev–Trinajstić information content (AvgIpc) is 2.38. The third-order valence-corrected chi connectivity index (χ3v) is 3.92. The minimum Gasteiger partial charge on any atom is -0.206 e. The van der Waals surface area contributed by atoms with Crippen molar-refractivity contribution in [1.29, 1.82) is 0 Å². The van der Waals surface area contributed by atoms with Gasteiger partial charge < -0.3 is 0 Å². The number of sulfonamides is 1.